The Morgan fingerprint density at radius 3 is 2.38 bits per heavy atom. The van der Waals surface area contributed by atoms with Gasteiger partial charge in [0.1, 0.15) is 5.82 Å². The van der Waals surface area contributed by atoms with Crippen LogP contribution in [-0.4, -0.2) is 51.8 Å². The molecule has 1 fully saturated rings. The van der Waals surface area contributed by atoms with Crippen LogP contribution in [0.2, 0.25) is 0 Å². The van der Waals surface area contributed by atoms with Crippen molar-refractivity contribution in [2.75, 3.05) is 43.2 Å². The van der Waals surface area contributed by atoms with Gasteiger partial charge in [0.25, 0.3) is 0 Å². The molecule has 0 saturated carbocycles. The predicted molar refractivity (Wildman–Crippen MR) is 73.0 cm³/mol. The molecule has 21 heavy (non-hydrogen) atoms. The van der Waals surface area contributed by atoms with Crippen molar-refractivity contribution in [3.05, 3.63) is 29.6 Å². The van der Waals surface area contributed by atoms with Gasteiger partial charge < -0.3 is 5.32 Å². The molecule has 1 aromatic rings. The Morgan fingerprint density at radius 2 is 1.71 bits per heavy atom. The van der Waals surface area contributed by atoms with E-state index in [1.807, 2.05) is 9.62 Å². The molecule has 0 spiro atoms. The van der Waals surface area contributed by atoms with E-state index in [4.69, 9.17) is 0 Å². The van der Waals surface area contributed by atoms with Crippen LogP contribution in [0.25, 0.3) is 0 Å². The van der Waals surface area contributed by atoms with Gasteiger partial charge in [-0.1, -0.05) is 0 Å². The van der Waals surface area contributed by atoms with E-state index in [9.17, 15) is 21.6 Å². The Bertz CT molecular complexity index is 604. The van der Waals surface area contributed by atoms with E-state index < -0.39 is 33.2 Å². The summed E-state index contributed by atoms with van der Waals surface area (Å²) < 4.78 is 64.9. The first-order chi connectivity index (χ1) is 9.87. The lowest BCUT2D eigenvalue weighted by molar-refractivity contribution is 0.254. The van der Waals surface area contributed by atoms with E-state index >= 15 is 0 Å². The highest BCUT2D eigenvalue weighted by molar-refractivity contribution is 7.92. The number of halogens is 3. The summed E-state index contributed by atoms with van der Waals surface area (Å²) in [6, 6.07) is 0.802. The molecule has 0 amide bonds. The molecule has 2 rings (SSSR count). The Morgan fingerprint density at radius 1 is 1.10 bits per heavy atom. The molecule has 0 atom stereocenters. The third-order valence-electron chi connectivity index (χ3n) is 3.16. The average Bonchev–Trinajstić information content (AvgIpc) is 2.44. The highest BCUT2D eigenvalue weighted by atomic mass is 32.2. The van der Waals surface area contributed by atoms with Crippen molar-refractivity contribution in [1.29, 1.82) is 0 Å². The Labute approximate surface area is 121 Å². The molecule has 1 saturated heterocycles. The van der Waals surface area contributed by atoms with Gasteiger partial charge in [-0.05, 0) is 0 Å². The maximum atomic E-state index is 13.4. The van der Waals surface area contributed by atoms with Crippen molar-refractivity contribution >= 4 is 15.7 Å². The van der Waals surface area contributed by atoms with Gasteiger partial charge in [0.2, 0.25) is 10.0 Å². The predicted octanol–water partition coefficient (Wildman–Crippen LogP) is 0.751. The highest BCUT2D eigenvalue weighted by Gasteiger charge is 2.18. The summed E-state index contributed by atoms with van der Waals surface area (Å²) in [6.07, 6.45) is 0. The molecule has 9 heteroatoms. The third kappa shape index (κ3) is 4.58. The molecule has 0 unspecified atom stereocenters. The van der Waals surface area contributed by atoms with Gasteiger partial charge >= 0.3 is 0 Å². The lowest BCUT2D eigenvalue weighted by Crippen LogP contribution is -2.45. The molecule has 1 heterocycles. The second-order valence-corrected chi connectivity index (χ2v) is 6.60. The SMILES string of the molecule is O=S(=O)(CCN1CCNCC1)Nc1cc(F)c(F)cc1F. The molecular formula is C12H16F3N3O2S. The summed E-state index contributed by atoms with van der Waals surface area (Å²) in [7, 11) is -3.83. The standard InChI is InChI=1S/C12H16F3N3O2S/c13-9-7-11(15)12(8-10(9)14)17-21(19,20)6-5-18-3-1-16-2-4-18/h7-8,16-17H,1-6H2. The monoisotopic (exact) mass is 323 g/mol. The largest absolute Gasteiger partial charge is 0.314 e. The van der Waals surface area contributed by atoms with Gasteiger partial charge in [0.15, 0.2) is 11.6 Å². The van der Waals surface area contributed by atoms with Gasteiger partial charge in [-0.3, -0.25) is 9.62 Å². The molecule has 118 valence electrons. The van der Waals surface area contributed by atoms with E-state index in [0.717, 1.165) is 26.2 Å². The Kier molecular flexibility index (Phi) is 5.07. The van der Waals surface area contributed by atoms with Crippen molar-refractivity contribution < 1.29 is 21.6 Å². The molecule has 0 aliphatic carbocycles. The second kappa shape index (κ2) is 6.63. The van der Waals surface area contributed by atoms with E-state index in [-0.39, 0.29) is 5.75 Å². The summed E-state index contributed by atoms with van der Waals surface area (Å²) in [4.78, 5) is 1.96. The van der Waals surface area contributed by atoms with Crippen molar-refractivity contribution in [1.82, 2.24) is 10.2 Å². The normalized spacial score (nSPS) is 16.9. The van der Waals surface area contributed by atoms with E-state index in [0.29, 0.717) is 18.7 Å². The van der Waals surface area contributed by atoms with Crippen molar-refractivity contribution in [3.63, 3.8) is 0 Å². The summed E-state index contributed by atoms with van der Waals surface area (Å²) in [5, 5.41) is 3.14. The second-order valence-electron chi connectivity index (χ2n) is 4.76. The van der Waals surface area contributed by atoms with Gasteiger partial charge in [0.05, 0.1) is 11.4 Å². The van der Waals surface area contributed by atoms with Gasteiger partial charge in [-0.25, -0.2) is 21.6 Å². The van der Waals surface area contributed by atoms with E-state index in [1.54, 1.807) is 0 Å². The van der Waals surface area contributed by atoms with Crippen molar-refractivity contribution in [2.24, 2.45) is 0 Å². The Hall–Kier alpha value is -1.32. The van der Waals surface area contributed by atoms with Crippen LogP contribution in [-0.2, 0) is 10.0 Å². The fraction of sp³-hybridized carbons (Fsp3) is 0.500. The number of rotatable bonds is 5. The summed E-state index contributed by atoms with van der Waals surface area (Å²) in [6.45, 7) is 3.32. The van der Waals surface area contributed by atoms with E-state index in [2.05, 4.69) is 5.32 Å². The van der Waals surface area contributed by atoms with Crippen LogP contribution in [0.1, 0.15) is 0 Å². The first kappa shape index (κ1) is 16.1. The molecule has 1 aliphatic rings. The zero-order valence-corrected chi connectivity index (χ0v) is 12.0. The van der Waals surface area contributed by atoms with Crippen LogP contribution in [0.5, 0.6) is 0 Å². The lowest BCUT2D eigenvalue weighted by atomic mass is 10.3. The molecule has 2 N–H and O–H groups in total. The number of sulfonamides is 1. The van der Waals surface area contributed by atoms with Gasteiger partial charge in [0, 0.05) is 44.9 Å². The molecule has 0 bridgehead atoms. The fourth-order valence-electron chi connectivity index (χ4n) is 2.00. The van der Waals surface area contributed by atoms with Crippen molar-refractivity contribution in [2.45, 2.75) is 0 Å². The minimum Gasteiger partial charge on any atom is -0.314 e. The number of hydrogen-bond donors (Lipinski definition) is 2. The number of benzene rings is 1. The summed E-state index contributed by atoms with van der Waals surface area (Å²) in [5.41, 5.74) is -0.589. The zero-order valence-electron chi connectivity index (χ0n) is 11.2. The maximum absolute atomic E-state index is 13.4. The first-order valence-electron chi connectivity index (χ1n) is 6.45. The number of nitrogens with zero attached hydrogens (tertiary/aromatic N) is 1. The van der Waals surface area contributed by atoms with Crippen LogP contribution < -0.4 is 10.0 Å². The third-order valence-corrected chi connectivity index (χ3v) is 4.41. The quantitative estimate of drug-likeness (QED) is 0.785. The van der Waals surface area contributed by atoms with Gasteiger partial charge in [-0.15, -0.1) is 0 Å². The summed E-state index contributed by atoms with van der Waals surface area (Å²) in [5.74, 6) is -4.07. The van der Waals surface area contributed by atoms with Crippen LogP contribution in [0.3, 0.4) is 0 Å². The van der Waals surface area contributed by atoms with Crippen LogP contribution >= 0.6 is 0 Å². The smallest absolute Gasteiger partial charge is 0.234 e. The minimum absolute atomic E-state index is 0.245. The topological polar surface area (TPSA) is 61.4 Å². The number of nitrogens with one attached hydrogen (secondary N) is 2. The molecule has 0 radical (unpaired) electrons. The van der Waals surface area contributed by atoms with Crippen LogP contribution in [0.4, 0.5) is 18.9 Å². The lowest BCUT2D eigenvalue weighted by Gasteiger charge is -2.26. The Balaban J connectivity index is 1.98. The number of hydrogen-bond acceptors (Lipinski definition) is 4. The number of anilines is 1. The van der Waals surface area contributed by atoms with Crippen LogP contribution in [0, 0.1) is 17.5 Å². The number of piperazine rings is 1. The molecule has 1 aromatic carbocycles. The molecule has 5 nitrogen and oxygen atoms in total. The maximum Gasteiger partial charge on any atom is 0.234 e. The zero-order chi connectivity index (χ0) is 15.5. The average molecular weight is 323 g/mol. The first-order valence-corrected chi connectivity index (χ1v) is 8.11. The fourth-order valence-corrected chi connectivity index (χ4v) is 3.10. The molecular weight excluding hydrogens is 307 g/mol. The van der Waals surface area contributed by atoms with E-state index in [1.165, 1.54) is 0 Å². The van der Waals surface area contributed by atoms with Gasteiger partial charge in [-0.2, -0.15) is 0 Å². The highest BCUT2D eigenvalue weighted by Crippen LogP contribution is 2.19. The summed E-state index contributed by atoms with van der Waals surface area (Å²) >= 11 is 0. The molecule has 1 aliphatic heterocycles. The van der Waals surface area contributed by atoms with Crippen molar-refractivity contribution in [3.8, 4) is 0 Å². The molecule has 0 aromatic heterocycles. The minimum atomic E-state index is -3.83. The van der Waals surface area contributed by atoms with Crippen LogP contribution in [0.15, 0.2) is 12.1 Å².